The van der Waals surface area contributed by atoms with E-state index in [-0.39, 0.29) is 0 Å². The molecule has 0 aromatic heterocycles. The van der Waals surface area contributed by atoms with Crippen molar-refractivity contribution in [3.8, 4) is 0 Å². The predicted molar refractivity (Wildman–Crippen MR) is 44.1 cm³/mol. The van der Waals surface area contributed by atoms with Crippen LogP contribution in [0.3, 0.4) is 0 Å². The highest BCUT2D eigenvalue weighted by Crippen LogP contribution is 2.25. The molecule has 1 aromatic carbocycles. The third-order valence-corrected chi connectivity index (χ3v) is 2.02. The Kier molecular flexibility index (Phi) is 4.00. The van der Waals surface area contributed by atoms with Crippen LogP contribution in [0.1, 0.15) is 18.4 Å². The third kappa shape index (κ3) is 3.61. The maximum Gasteiger partial charge on any atom is 0.389 e. The van der Waals surface area contributed by atoms with Crippen molar-refractivity contribution in [2.75, 3.05) is 0 Å². The summed E-state index contributed by atoms with van der Waals surface area (Å²) in [5.74, 6) is -7.09. The summed E-state index contributed by atoms with van der Waals surface area (Å²) in [5.41, 5.74) is -0.923. The molecule has 0 bridgehead atoms. The van der Waals surface area contributed by atoms with Crippen LogP contribution >= 0.6 is 0 Å². The number of hydrogen-bond acceptors (Lipinski definition) is 0. The maximum atomic E-state index is 13.0. The van der Waals surface area contributed by atoms with Crippen molar-refractivity contribution in [1.29, 1.82) is 0 Å². The number of hydrogen-bond donors (Lipinski definition) is 0. The zero-order valence-electron chi connectivity index (χ0n) is 8.27. The molecule has 1 aromatic rings. The maximum absolute atomic E-state index is 13.0. The van der Waals surface area contributed by atoms with Crippen LogP contribution < -0.4 is 0 Å². The van der Waals surface area contributed by atoms with Crippen LogP contribution in [0, 0.1) is 29.3 Å². The van der Waals surface area contributed by atoms with Gasteiger partial charge in [0.2, 0.25) is 0 Å². The molecule has 0 saturated carbocycles. The molecule has 0 aliphatic heterocycles. The minimum atomic E-state index is -4.46. The van der Waals surface area contributed by atoms with Crippen molar-refractivity contribution in [2.24, 2.45) is 0 Å². The van der Waals surface area contributed by atoms with E-state index in [1.165, 1.54) is 6.07 Å². The molecule has 0 aliphatic rings. The van der Waals surface area contributed by atoms with E-state index in [4.69, 9.17) is 0 Å². The van der Waals surface area contributed by atoms with Crippen LogP contribution in [0.15, 0.2) is 0 Å². The zero-order chi connectivity index (χ0) is 13.2. The van der Waals surface area contributed by atoms with Crippen molar-refractivity contribution >= 4 is 0 Å². The Morgan fingerprint density at radius 2 is 1.47 bits per heavy atom. The van der Waals surface area contributed by atoms with Gasteiger partial charge in [-0.25, -0.2) is 17.6 Å². The first-order valence-corrected chi connectivity index (χ1v) is 4.53. The molecule has 0 atom stereocenters. The molecular weight excluding hydrogens is 253 g/mol. The number of benzene rings is 1. The monoisotopic (exact) mass is 259 g/mol. The van der Waals surface area contributed by atoms with E-state index in [0.717, 1.165) is 0 Å². The summed E-state index contributed by atoms with van der Waals surface area (Å²) in [5, 5.41) is 0. The van der Waals surface area contributed by atoms with Crippen molar-refractivity contribution < 1.29 is 30.7 Å². The first-order chi connectivity index (χ1) is 7.72. The molecule has 0 amide bonds. The fraction of sp³-hybridized carbons (Fsp3) is 0.400. The Hall–Kier alpha value is -1.27. The summed E-state index contributed by atoms with van der Waals surface area (Å²) in [6.07, 6.45) is -7.01. The van der Waals surface area contributed by atoms with Gasteiger partial charge in [-0.15, -0.1) is 0 Å². The van der Waals surface area contributed by atoms with Crippen LogP contribution in [-0.4, -0.2) is 6.18 Å². The van der Waals surface area contributed by atoms with Crippen LogP contribution in [0.25, 0.3) is 0 Å². The Bertz CT molecular complexity index is 408. The zero-order valence-corrected chi connectivity index (χ0v) is 8.27. The molecule has 7 heteroatoms. The lowest BCUT2D eigenvalue weighted by atomic mass is 10.1. The largest absolute Gasteiger partial charge is 0.389 e. The highest BCUT2D eigenvalue weighted by molar-refractivity contribution is 5.21. The molecule has 0 heterocycles. The Morgan fingerprint density at radius 3 is 2.00 bits per heavy atom. The molecule has 17 heavy (non-hydrogen) atoms. The van der Waals surface area contributed by atoms with E-state index in [9.17, 15) is 30.7 Å². The highest BCUT2D eigenvalue weighted by atomic mass is 19.4. The van der Waals surface area contributed by atoms with E-state index in [1.807, 2.05) is 0 Å². The minimum absolute atomic E-state index is 0.615. The lowest BCUT2D eigenvalue weighted by Gasteiger charge is -2.08. The number of rotatable bonds is 3. The average Bonchev–Trinajstić information content (AvgIpc) is 2.18. The topological polar surface area (TPSA) is 0 Å². The van der Waals surface area contributed by atoms with Gasteiger partial charge in [0.1, 0.15) is 5.82 Å². The van der Waals surface area contributed by atoms with Crippen LogP contribution in [-0.2, 0) is 6.42 Å². The lowest BCUT2D eigenvalue weighted by Crippen LogP contribution is -2.09. The SMILES string of the molecule is Fc1[c]c(F)c(CCCC(F)(F)F)c(F)c1F. The summed E-state index contributed by atoms with van der Waals surface area (Å²) >= 11 is 0. The number of alkyl halides is 3. The van der Waals surface area contributed by atoms with Gasteiger partial charge in [0, 0.05) is 12.0 Å². The smallest absolute Gasteiger partial charge is 0.206 e. The van der Waals surface area contributed by atoms with Gasteiger partial charge in [-0.2, -0.15) is 13.2 Å². The molecule has 95 valence electrons. The van der Waals surface area contributed by atoms with E-state index in [1.54, 1.807) is 0 Å². The van der Waals surface area contributed by atoms with Gasteiger partial charge in [0.05, 0.1) is 6.07 Å². The van der Waals surface area contributed by atoms with E-state index in [2.05, 4.69) is 0 Å². The van der Waals surface area contributed by atoms with Gasteiger partial charge in [-0.05, 0) is 12.8 Å². The van der Waals surface area contributed by atoms with Gasteiger partial charge < -0.3 is 0 Å². The molecular formula is C10H6F7. The van der Waals surface area contributed by atoms with Gasteiger partial charge in [0.25, 0.3) is 0 Å². The molecule has 1 rings (SSSR count). The van der Waals surface area contributed by atoms with Crippen molar-refractivity contribution in [3.63, 3.8) is 0 Å². The Labute approximate surface area is 92.0 Å². The first-order valence-electron chi connectivity index (χ1n) is 4.53. The summed E-state index contributed by atoms with van der Waals surface area (Å²) in [6, 6.07) is 1.27. The molecule has 0 spiro atoms. The molecule has 1 radical (unpaired) electrons. The highest BCUT2D eigenvalue weighted by Gasteiger charge is 2.27. The van der Waals surface area contributed by atoms with Crippen molar-refractivity contribution in [1.82, 2.24) is 0 Å². The average molecular weight is 259 g/mol. The molecule has 0 N–H and O–H groups in total. The summed E-state index contributed by atoms with van der Waals surface area (Å²) in [6.45, 7) is 0. The molecule has 0 unspecified atom stereocenters. The third-order valence-electron chi connectivity index (χ3n) is 2.02. The second-order valence-electron chi connectivity index (χ2n) is 3.33. The second-order valence-corrected chi connectivity index (χ2v) is 3.33. The van der Waals surface area contributed by atoms with Gasteiger partial charge in [-0.1, -0.05) is 0 Å². The Morgan fingerprint density at radius 1 is 0.882 bits per heavy atom. The first kappa shape index (κ1) is 13.8. The molecule has 0 nitrogen and oxygen atoms in total. The normalized spacial score (nSPS) is 11.9. The predicted octanol–water partition coefficient (Wildman–Crippen LogP) is 3.93. The minimum Gasteiger partial charge on any atom is -0.206 e. The fourth-order valence-corrected chi connectivity index (χ4v) is 1.24. The quantitative estimate of drug-likeness (QED) is 0.438. The molecule has 0 aliphatic carbocycles. The fourth-order valence-electron chi connectivity index (χ4n) is 1.24. The van der Waals surface area contributed by atoms with Gasteiger partial charge in [-0.3, -0.25) is 0 Å². The van der Waals surface area contributed by atoms with Gasteiger partial charge in [0.15, 0.2) is 17.5 Å². The van der Waals surface area contributed by atoms with E-state index >= 15 is 0 Å². The second kappa shape index (κ2) is 4.93. The van der Waals surface area contributed by atoms with Crippen molar-refractivity contribution in [2.45, 2.75) is 25.4 Å². The van der Waals surface area contributed by atoms with Crippen LogP contribution in [0.4, 0.5) is 30.7 Å². The summed E-state index contributed by atoms with van der Waals surface area (Å²) in [7, 11) is 0. The number of halogens is 7. The standard InChI is InChI=1S/C10H6F7/c11-6-4-7(12)9(14)8(13)5(6)2-1-3-10(15,16)17/h1-3H2. The summed E-state index contributed by atoms with van der Waals surface area (Å²) in [4.78, 5) is 0. The Balaban J connectivity index is 2.82. The van der Waals surface area contributed by atoms with Crippen molar-refractivity contribution in [3.05, 3.63) is 34.9 Å². The van der Waals surface area contributed by atoms with Gasteiger partial charge >= 0.3 is 6.18 Å². The van der Waals surface area contributed by atoms with E-state index in [0.29, 0.717) is 0 Å². The summed E-state index contributed by atoms with van der Waals surface area (Å²) < 4.78 is 86.3. The van der Waals surface area contributed by atoms with Crippen LogP contribution in [0.5, 0.6) is 0 Å². The lowest BCUT2D eigenvalue weighted by molar-refractivity contribution is -0.135. The molecule has 0 saturated heterocycles. The van der Waals surface area contributed by atoms with E-state index < -0.39 is 54.3 Å². The van der Waals surface area contributed by atoms with Crippen LogP contribution in [0.2, 0.25) is 0 Å². The molecule has 0 fully saturated rings.